The molecule has 1 aliphatic heterocycles. The average molecular weight is 328 g/mol. The largest absolute Gasteiger partial charge is 0.280 e. The fourth-order valence-electron chi connectivity index (χ4n) is 2.82. The van der Waals surface area contributed by atoms with Gasteiger partial charge in [0.15, 0.2) is 0 Å². The lowest BCUT2D eigenvalue weighted by atomic mass is 10.1. The SMILES string of the molecule is S=c1n(-c2ccccc2)cnn1CN1CCc2sccc2C1. The second-order valence-corrected chi connectivity index (χ2v) is 6.80. The molecule has 2 aromatic heterocycles. The Morgan fingerprint density at radius 2 is 2.05 bits per heavy atom. The second kappa shape index (κ2) is 5.79. The van der Waals surface area contributed by atoms with Crippen molar-refractivity contribution >= 4 is 23.6 Å². The van der Waals surface area contributed by atoms with Crippen molar-refractivity contribution in [1.82, 2.24) is 19.2 Å². The van der Waals surface area contributed by atoms with Gasteiger partial charge in [0, 0.05) is 23.7 Å². The lowest BCUT2D eigenvalue weighted by Gasteiger charge is -2.26. The molecule has 0 amide bonds. The first kappa shape index (κ1) is 13.9. The van der Waals surface area contributed by atoms with Crippen molar-refractivity contribution in [2.45, 2.75) is 19.6 Å². The van der Waals surface area contributed by atoms with Gasteiger partial charge < -0.3 is 0 Å². The van der Waals surface area contributed by atoms with Crippen LogP contribution in [0.15, 0.2) is 48.1 Å². The van der Waals surface area contributed by atoms with Crippen LogP contribution in [-0.2, 0) is 19.6 Å². The fraction of sp³-hybridized carbons (Fsp3) is 0.250. The van der Waals surface area contributed by atoms with Crippen molar-refractivity contribution in [2.24, 2.45) is 0 Å². The van der Waals surface area contributed by atoms with Gasteiger partial charge in [0.2, 0.25) is 4.77 Å². The van der Waals surface area contributed by atoms with E-state index < -0.39 is 0 Å². The topological polar surface area (TPSA) is 26.0 Å². The number of hydrogen-bond donors (Lipinski definition) is 0. The number of nitrogens with zero attached hydrogens (tertiary/aromatic N) is 4. The van der Waals surface area contributed by atoms with E-state index >= 15 is 0 Å². The minimum Gasteiger partial charge on any atom is -0.280 e. The van der Waals surface area contributed by atoms with Gasteiger partial charge in [-0.3, -0.25) is 9.47 Å². The van der Waals surface area contributed by atoms with Gasteiger partial charge in [0.1, 0.15) is 6.33 Å². The molecule has 0 spiro atoms. The number of thiophene rings is 1. The van der Waals surface area contributed by atoms with Crippen LogP contribution < -0.4 is 0 Å². The maximum absolute atomic E-state index is 5.58. The maximum Gasteiger partial charge on any atom is 0.203 e. The zero-order valence-electron chi connectivity index (χ0n) is 12.1. The zero-order chi connectivity index (χ0) is 14.9. The first-order valence-electron chi connectivity index (χ1n) is 7.29. The second-order valence-electron chi connectivity index (χ2n) is 5.43. The van der Waals surface area contributed by atoms with E-state index in [0.29, 0.717) is 0 Å². The molecule has 0 saturated heterocycles. The van der Waals surface area contributed by atoms with Crippen LogP contribution in [0.3, 0.4) is 0 Å². The van der Waals surface area contributed by atoms with Crippen LogP contribution in [0.1, 0.15) is 10.4 Å². The highest BCUT2D eigenvalue weighted by Crippen LogP contribution is 2.24. The number of fused-ring (bicyclic) bond motifs is 1. The van der Waals surface area contributed by atoms with Crippen molar-refractivity contribution in [3.63, 3.8) is 0 Å². The van der Waals surface area contributed by atoms with Gasteiger partial charge >= 0.3 is 0 Å². The molecule has 0 N–H and O–H groups in total. The Balaban J connectivity index is 1.55. The normalized spacial score (nSPS) is 14.9. The summed E-state index contributed by atoms with van der Waals surface area (Å²) in [5.41, 5.74) is 2.50. The Labute approximate surface area is 138 Å². The summed E-state index contributed by atoms with van der Waals surface area (Å²) in [5, 5.41) is 6.65. The summed E-state index contributed by atoms with van der Waals surface area (Å²) >= 11 is 7.44. The third-order valence-electron chi connectivity index (χ3n) is 3.99. The summed E-state index contributed by atoms with van der Waals surface area (Å²) < 4.78 is 4.59. The lowest BCUT2D eigenvalue weighted by Crippen LogP contribution is -2.32. The van der Waals surface area contributed by atoms with Crippen LogP contribution in [0, 0.1) is 4.77 Å². The van der Waals surface area contributed by atoms with Crippen molar-refractivity contribution in [3.8, 4) is 5.69 Å². The van der Waals surface area contributed by atoms with Crippen LogP contribution in [0.25, 0.3) is 5.69 Å². The smallest absolute Gasteiger partial charge is 0.203 e. The monoisotopic (exact) mass is 328 g/mol. The van der Waals surface area contributed by atoms with E-state index in [2.05, 4.69) is 21.4 Å². The summed E-state index contributed by atoms with van der Waals surface area (Å²) in [5.74, 6) is 0. The van der Waals surface area contributed by atoms with E-state index in [4.69, 9.17) is 12.2 Å². The molecular weight excluding hydrogens is 312 g/mol. The quantitative estimate of drug-likeness (QED) is 0.689. The Kier molecular flexibility index (Phi) is 3.65. The van der Waals surface area contributed by atoms with Crippen molar-refractivity contribution in [3.05, 3.63) is 63.3 Å². The molecule has 1 aliphatic rings. The zero-order valence-corrected chi connectivity index (χ0v) is 13.7. The molecule has 0 atom stereocenters. The molecule has 0 saturated carbocycles. The van der Waals surface area contributed by atoms with Crippen LogP contribution in [-0.4, -0.2) is 25.8 Å². The van der Waals surface area contributed by atoms with Crippen LogP contribution >= 0.6 is 23.6 Å². The number of para-hydroxylation sites is 1. The summed E-state index contributed by atoms with van der Waals surface area (Å²) in [6.45, 7) is 2.79. The van der Waals surface area contributed by atoms with E-state index in [9.17, 15) is 0 Å². The van der Waals surface area contributed by atoms with Crippen molar-refractivity contribution < 1.29 is 0 Å². The highest BCUT2D eigenvalue weighted by atomic mass is 32.1. The minimum atomic E-state index is 0.738. The molecular formula is C16H16N4S2. The van der Waals surface area contributed by atoms with E-state index in [1.54, 1.807) is 6.33 Å². The highest BCUT2D eigenvalue weighted by molar-refractivity contribution is 7.71. The maximum atomic E-state index is 5.58. The molecule has 22 heavy (non-hydrogen) atoms. The molecule has 0 aliphatic carbocycles. The van der Waals surface area contributed by atoms with Gasteiger partial charge in [-0.05, 0) is 47.8 Å². The summed E-state index contributed by atoms with van der Waals surface area (Å²) in [7, 11) is 0. The molecule has 112 valence electrons. The average Bonchev–Trinajstić information content (AvgIpc) is 3.15. The molecule has 1 aromatic carbocycles. The van der Waals surface area contributed by atoms with E-state index in [1.807, 2.05) is 50.9 Å². The molecule has 3 heterocycles. The van der Waals surface area contributed by atoms with Crippen molar-refractivity contribution in [1.29, 1.82) is 0 Å². The first-order valence-corrected chi connectivity index (χ1v) is 8.57. The van der Waals surface area contributed by atoms with Crippen LogP contribution in [0.2, 0.25) is 0 Å². The van der Waals surface area contributed by atoms with E-state index in [0.717, 1.165) is 36.6 Å². The Morgan fingerprint density at radius 3 is 2.91 bits per heavy atom. The Hall–Kier alpha value is -1.76. The standard InChI is InChI=1S/C16H16N4S2/c21-16-19(14-4-2-1-3-5-14)11-17-20(16)12-18-8-6-15-13(10-18)7-9-22-15/h1-5,7,9,11H,6,8,10,12H2. The summed E-state index contributed by atoms with van der Waals surface area (Å²) in [4.78, 5) is 3.92. The first-order chi connectivity index (χ1) is 10.8. The number of rotatable bonds is 3. The molecule has 0 unspecified atom stereocenters. The Morgan fingerprint density at radius 1 is 1.18 bits per heavy atom. The predicted molar refractivity (Wildman–Crippen MR) is 90.8 cm³/mol. The molecule has 4 nitrogen and oxygen atoms in total. The van der Waals surface area contributed by atoms with Gasteiger partial charge in [-0.25, -0.2) is 4.68 Å². The van der Waals surface area contributed by atoms with Gasteiger partial charge in [-0.15, -0.1) is 11.3 Å². The van der Waals surface area contributed by atoms with Crippen molar-refractivity contribution in [2.75, 3.05) is 6.54 Å². The van der Waals surface area contributed by atoms with Gasteiger partial charge in [0.25, 0.3) is 0 Å². The molecule has 0 fully saturated rings. The summed E-state index contributed by atoms with van der Waals surface area (Å²) in [6, 6.07) is 12.3. The van der Waals surface area contributed by atoms with E-state index in [-0.39, 0.29) is 0 Å². The third kappa shape index (κ3) is 2.54. The Bertz CT molecular complexity index is 831. The lowest BCUT2D eigenvalue weighted by molar-refractivity contribution is 0.189. The van der Waals surface area contributed by atoms with Gasteiger partial charge in [0.05, 0.1) is 6.67 Å². The minimum absolute atomic E-state index is 0.738. The number of hydrogen-bond acceptors (Lipinski definition) is 4. The highest BCUT2D eigenvalue weighted by Gasteiger charge is 2.18. The number of benzene rings is 1. The van der Waals surface area contributed by atoms with Crippen LogP contribution in [0.5, 0.6) is 0 Å². The molecule has 0 radical (unpaired) electrons. The van der Waals surface area contributed by atoms with Crippen LogP contribution in [0.4, 0.5) is 0 Å². The predicted octanol–water partition coefficient (Wildman–Crippen LogP) is 3.48. The van der Waals surface area contributed by atoms with Gasteiger partial charge in [-0.1, -0.05) is 18.2 Å². The number of aromatic nitrogens is 3. The molecule has 4 rings (SSSR count). The fourth-order valence-corrected chi connectivity index (χ4v) is 3.96. The van der Waals surface area contributed by atoms with E-state index in [1.165, 1.54) is 10.4 Å². The molecule has 3 aromatic rings. The van der Waals surface area contributed by atoms with Gasteiger partial charge in [-0.2, -0.15) is 5.10 Å². The summed E-state index contributed by atoms with van der Waals surface area (Å²) in [6.07, 6.45) is 2.93. The third-order valence-corrected chi connectivity index (χ3v) is 5.42. The molecule has 0 bridgehead atoms. The molecule has 6 heteroatoms.